The Labute approximate surface area is 182 Å². The number of rotatable bonds is 5. The summed E-state index contributed by atoms with van der Waals surface area (Å²) in [6, 6.07) is 4.20. The summed E-state index contributed by atoms with van der Waals surface area (Å²) in [5.41, 5.74) is 0.628. The molecule has 0 unspecified atom stereocenters. The standard InChI is InChI=1S/C20H21F3N4O2S2/c1-31(28,29)27-7-4-13(5-8-27)10-24-19-15-2-3-17(20(21,22)23)26-18(15)16(11-25-19)14-6-9-30-12-14/h2-3,6,9,11-13H,4-5,7-8,10H2,1H3,(H,24,25). The molecule has 31 heavy (non-hydrogen) atoms. The number of nitrogens with zero attached hydrogens (tertiary/aromatic N) is 3. The molecule has 0 spiro atoms. The highest BCUT2D eigenvalue weighted by Gasteiger charge is 2.33. The maximum atomic E-state index is 13.3. The lowest BCUT2D eigenvalue weighted by atomic mass is 9.98. The third-order valence-electron chi connectivity index (χ3n) is 5.45. The van der Waals surface area contributed by atoms with Crippen molar-refractivity contribution < 1.29 is 21.6 Å². The molecule has 3 aromatic heterocycles. The molecule has 1 saturated heterocycles. The number of hydrogen-bond donors (Lipinski definition) is 1. The van der Waals surface area contributed by atoms with Crippen molar-refractivity contribution >= 4 is 38.1 Å². The lowest BCUT2D eigenvalue weighted by Gasteiger charge is -2.30. The van der Waals surface area contributed by atoms with E-state index in [1.807, 2.05) is 16.8 Å². The van der Waals surface area contributed by atoms with Crippen LogP contribution in [0, 0.1) is 5.92 Å². The van der Waals surface area contributed by atoms with Gasteiger partial charge in [0, 0.05) is 36.8 Å². The van der Waals surface area contributed by atoms with Gasteiger partial charge in [-0.25, -0.2) is 22.7 Å². The van der Waals surface area contributed by atoms with Crippen molar-refractivity contribution in [3.8, 4) is 11.1 Å². The van der Waals surface area contributed by atoms with Crippen molar-refractivity contribution in [2.24, 2.45) is 5.92 Å². The first-order valence-corrected chi connectivity index (χ1v) is 12.5. The molecular weight excluding hydrogens is 449 g/mol. The molecule has 0 atom stereocenters. The van der Waals surface area contributed by atoms with Crippen molar-refractivity contribution in [1.82, 2.24) is 14.3 Å². The van der Waals surface area contributed by atoms with E-state index in [0.29, 0.717) is 49.2 Å². The van der Waals surface area contributed by atoms with Crippen LogP contribution >= 0.6 is 11.3 Å². The second-order valence-corrected chi connectivity index (χ2v) is 10.4. The average Bonchev–Trinajstić information content (AvgIpc) is 3.25. The lowest BCUT2D eigenvalue weighted by molar-refractivity contribution is -0.140. The Hall–Kier alpha value is -2.24. The zero-order valence-corrected chi connectivity index (χ0v) is 18.3. The minimum Gasteiger partial charge on any atom is -0.369 e. The van der Waals surface area contributed by atoms with Gasteiger partial charge in [-0.2, -0.15) is 24.5 Å². The van der Waals surface area contributed by atoms with Gasteiger partial charge in [-0.15, -0.1) is 0 Å². The molecule has 0 bridgehead atoms. The number of halogens is 3. The molecule has 0 saturated carbocycles. The third kappa shape index (κ3) is 4.83. The van der Waals surface area contributed by atoms with Crippen LogP contribution in [-0.4, -0.2) is 48.6 Å². The van der Waals surface area contributed by atoms with E-state index >= 15 is 0 Å². The van der Waals surface area contributed by atoms with Crippen molar-refractivity contribution in [1.29, 1.82) is 0 Å². The lowest BCUT2D eigenvalue weighted by Crippen LogP contribution is -2.39. The maximum absolute atomic E-state index is 13.3. The van der Waals surface area contributed by atoms with Crippen LogP contribution in [0.1, 0.15) is 18.5 Å². The second-order valence-electron chi connectivity index (χ2n) is 7.61. The van der Waals surface area contributed by atoms with E-state index in [0.717, 1.165) is 11.6 Å². The monoisotopic (exact) mass is 470 g/mol. The molecule has 0 amide bonds. The fourth-order valence-electron chi connectivity index (χ4n) is 3.73. The summed E-state index contributed by atoms with van der Waals surface area (Å²) in [6.07, 6.45) is -0.363. The fraction of sp³-hybridized carbons (Fsp3) is 0.400. The van der Waals surface area contributed by atoms with E-state index in [2.05, 4.69) is 15.3 Å². The van der Waals surface area contributed by atoms with Crippen molar-refractivity contribution in [2.45, 2.75) is 19.0 Å². The van der Waals surface area contributed by atoms with E-state index in [1.54, 1.807) is 6.20 Å². The van der Waals surface area contributed by atoms with Gasteiger partial charge in [0.15, 0.2) is 0 Å². The van der Waals surface area contributed by atoms with E-state index in [1.165, 1.54) is 28.0 Å². The van der Waals surface area contributed by atoms with E-state index < -0.39 is 21.9 Å². The zero-order valence-electron chi connectivity index (χ0n) is 16.7. The van der Waals surface area contributed by atoms with Crippen LogP contribution < -0.4 is 5.32 Å². The van der Waals surface area contributed by atoms with Gasteiger partial charge >= 0.3 is 6.18 Å². The van der Waals surface area contributed by atoms with Gasteiger partial charge in [0.2, 0.25) is 10.0 Å². The molecule has 0 aromatic carbocycles. The molecule has 6 nitrogen and oxygen atoms in total. The minimum absolute atomic E-state index is 0.244. The molecule has 4 heterocycles. The Morgan fingerprint density at radius 3 is 2.58 bits per heavy atom. The first kappa shape index (κ1) is 22.0. The first-order chi connectivity index (χ1) is 14.6. The van der Waals surface area contributed by atoms with Crippen molar-refractivity contribution in [3.05, 3.63) is 40.8 Å². The Bertz CT molecular complexity index is 1170. The molecule has 11 heteroatoms. The SMILES string of the molecule is CS(=O)(=O)N1CCC(CNc2ncc(-c3ccsc3)c3nc(C(F)(F)F)ccc23)CC1. The summed E-state index contributed by atoms with van der Waals surface area (Å²) in [6.45, 7) is 1.48. The minimum atomic E-state index is -4.54. The Kier molecular flexibility index (Phi) is 5.93. The highest BCUT2D eigenvalue weighted by molar-refractivity contribution is 7.88. The summed E-state index contributed by atoms with van der Waals surface area (Å²) in [7, 11) is -3.19. The molecular formula is C20H21F3N4O2S2. The maximum Gasteiger partial charge on any atom is 0.433 e. The molecule has 1 N–H and O–H groups in total. The summed E-state index contributed by atoms with van der Waals surface area (Å²) >= 11 is 1.45. The van der Waals surface area contributed by atoms with Gasteiger partial charge in [-0.05, 0) is 53.3 Å². The van der Waals surface area contributed by atoms with Gasteiger partial charge in [-0.1, -0.05) is 0 Å². The van der Waals surface area contributed by atoms with Crippen molar-refractivity contribution in [2.75, 3.05) is 31.2 Å². The Morgan fingerprint density at radius 2 is 1.97 bits per heavy atom. The van der Waals surface area contributed by atoms with E-state index in [4.69, 9.17) is 0 Å². The second kappa shape index (κ2) is 8.36. The predicted octanol–water partition coefficient (Wildman–Crippen LogP) is 4.46. The van der Waals surface area contributed by atoms with Crippen LogP contribution in [0.25, 0.3) is 22.0 Å². The number of pyridine rings is 2. The predicted molar refractivity (Wildman–Crippen MR) is 115 cm³/mol. The molecule has 4 rings (SSSR count). The molecule has 3 aromatic rings. The van der Waals surface area contributed by atoms with E-state index in [9.17, 15) is 21.6 Å². The number of nitrogens with one attached hydrogen (secondary N) is 1. The first-order valence-electron chi connectivity index (χ1n) is 9.71. The summed E-state index contributed by atoms with van der Waals surface area (Å²) in [4.78, 5) is 8.38. The summed E-state index contributed by atoms with van der Waals surface area (Å²) < 4.78 is 64.6. The summed E-state index contributed by atoms with van der Waals surface area (Å²) in [5, 5.41) is 7.46. The van der Waals surface area contributed by atoms with Crippen LogP contribution in [-0.2, 0) is 16.2 Å². The largest absolute Gasteiger partial charge is 0.433 e. The quantitative estimate of drug-likeness (QED) is 0.596. The van der Waals surface area contributed by atoms with Crippen LogP contribution in [0.4, 0.5) is 19.0 Å². The van der Waals surface area contributed by atoms with Gasteiger partial charge in [0.05, 0.1) is 11.8 Å². The molecule has 1 aliphatic rings. The number of piperidine rings is 1. The number of thiophene rings is 1. The fourth-order valence-corrected chi connectivity index (χ4v) is 5.26. The van der Waals surface area contributed by atoms with Gasteiger partial charge in [0.1, 0.15) is 11.5 Å². The van der Waals surface area contributed by atoms with Crippen LogP contribution in [0.5, 0.6) is 0 Å². The Balaban J connectivity index is 1.60. The van der Waals surface area contributed by atoms with Crippen LogP contribution in [0.2, 0.25) is 0 Å². The molecule has 166 valence electrons. The Morgan fingerprint density at radius 1 is 1.23 bits per heavy atom. The van der Waals surface area contributed by atoms with Crippen LogP contribution in [0.3, 0.4) is 0 Å². The number of hydrogen-bond acceptors (Lipinski definition) is 6. The summed E-state index contributed by atoms with van der Waals surface area (Å²) in [5.74, 6) is 0.717. The van der Waals surface area contributed by atoms with Crippen LogP contribution in [0.15, 0.2) is 35.2 Å². The highest BCUT2D eigenvalue weighted by atomic mass is 32.2. The number of fused-ring (bicyclic) bond motifs is 1. The number of sulfonamides is 1. The van der Waals surface area contributed by atoms with Gasteiger partial charge in [-0.3, -0.25) is 0 Å². The van der Waals surface area contributed by atoms with E-state index in [-0.39, 0.29) is 11.4 Å². The normalized spacial score (nSPS) is 16.6. The number of aromatic nitrogens is 2. The number of anilines is 1. The highest BCUT2D eigenvalue weighted by Crippen LogP contribution is 2.35. The molecule has 1 fully saturated rings. The van der Waals surface area contributed by atoms with Gasteiger partial charge in [0.25, 0.3) is 0 Å². The molecule has 0 radical (unpaired) electrons. The number of alkyl halides is 3. The average molecular weight is 471 g/mol. The molecule has 1 aliphatic heterocycles. The van der Waals surface area contributed by atoms with Gasteiger partial charge < -0.3 is 5.32 Å². The smallest absolute Gasteiger partial charge is 0.369 e. The third-order valence-corrected chi connectivity index (χ3v) is 7.44. The topological polar surface area (TPSA) is 75.2 Å². The van der Waals surface area contributed by atoms with Crippen molar-refractivity contribution in [3.63, 3.8) is 0 Å². The molecule has 0 aliphatic carbocycles. The zero-order chi connectivity index (χ0) is 22.2.